The van der Waals surface area contributed by atoms with Gasteiger partial charge >= 0.3 is 0 Å². The Morgan fingerprint density at radius 3 is 2.18 bits per heavy atom. The van der Waals surface area contributed by atoms with Crippen molar-refractivity contribution in [2.24, 2.45) is 0 Å². The van der Waals surface area contributed by atoms with Crippen LogP contribution in [0.4, 0.5) is 0 Å². The van der Waals surface area contributed by atoms with Crippen molar-refractivity contribution in [2.45, 2.75) is 13.1 Å². The van der Waals surface area contributed by atoms with Crippen LogP contribution in [0.25, 0.3) is 0 Å². The lowest BCUT2D eigenvalue weighted by Crippen LogP contribution is -2.41. The Bertz CT molecular complexity index is 215. The first-order valence-corrected chi connectivity index (χ1v) is 9.82. The zero-order chi connectivity index (χ0) is 8.32. The minimum absolute atomic E-state index is 0.379. The third kappa shape index (κ3) is 3.50. The van der Waals surface area contributed by atoms with Gasteiger partial charge in [0.2, 0.25) is 0 Å². The number of hydrogen-bond donors (Lipinski definition) is 1. The van der Waals surface area contributed by atoms with E-state index in [2.05, 4.69) is 12.1 Å². The van der Waals surface area contributed by atoms with Gasteiger partial charge in [-0.1, -0.05) is 35.5 Å². The van der Waals surface area contributed by atoms with Gasteiger partial charge in [-0.25, -0.2) is 0 Å². The fourth-order valence-corrected chi connectivity index (χ4v) is 6.31. The van der Waals surface area contributed by atoms with Crippen molar-refractivity contribution < 1.29 is 4.80 Å². The average molecular weight is 182 g/mol. The van der Waals surface area contributed by atoms with E-state index in [1.54, 1.807) is 0 Å². The molecule has 0 aliphatic heterocycles. The Morgan fingerprint density at radius 2 is 1.73 bits per heavy atom. The van der Waals surface area contributed by atoms with Gasteiger partial charge < -0.3 is 4.80 Å². The predicted octanol–water partition coefficient (Wildman–Crippen LogP) is 0.175. The summed E-state index contributed by atoms with van der Waals surface area (Å²) in [5.41, 5.74) is 0. The third-order valence-corrected chi connectivity index (χ3v) is 7.04. The lowest BCUT2D eigenvalue weighted by molar-refractivity contribution is 0.576. The Hall–Kier alpha value is -0.386. The fourth-order valence-electron chi connectivity index (χ4n) is 1.10. The Balaban J connectivity index is 2.66. The van der Waals surface area contributed by atoms with E-state index in [1.807, 2.05) is 31.3 Å². The molecule has 1 nitrogen and oxygen atoms in total. The molecule has 0 radical (unpaired) electrons. The van der Waals surface area contributed by atoms with Crippen LogP contribution in [0.3, 0.4) is 0 Å². The van der Waals surface area contributed by atoms with Crippen LogP contribution in [0.1, 0.15) is 0 Å². The van der Waals surface area contributed by atoms with Gasteiger partial charge in [-0.05, 0) is 13.1 Å². The van der Waals surface area contributed by atoms with Crippen LogP contribution in [0, 0.1) is 0 Å². The molecule has 0 saturated heterocycles. The molecule has 1 aromatic carbocycles. The molecule has 0 aliphatic carbocycles. The molecule has 0 fully saturated rings. The molecular formula is C8H14OSi2. The summed E-state index contributed by atoms with van der Waals surface area (Å²) in [6.07, 6.45) is 0. The van der Waals surface area contributed by atoms with Crippen LogP contribution < -0.4 is 5.19 Å². The van der Waals surface area contributed by atoms with Gasteiger partial charge in [0.15, 0.2) is 7.83 Å². The van der Waals surface area contributed by atoms with E-state index in [1.165, 1.54) is 5.19 Å². The van der Waals surface area contributed by atoms with Crippen LogP contribution >= 0.6 is 0 Å². The van der Waals surface area contributed by atoms with E-state index in [0.29, 0.717) is 0 Å². The molecule has 1 N–H and O–H groups in total. The molecule has 3 heteroatoms. The number of benzene rings is 1. The van der Waals surface area contributed by atoms with Gasteiger partial charge in [0.25, 0.3) is 0 Å². The van der Waals surface area contributed by atoms with Crippen molar-refractivity contribution in [3.8, 4) is 0 Å². The predicted molar refractivity (Wildman–Crippen MR) is 54.3 cm³/mol. The maximum Gasteiger partial charge on any atom is 0.167 e. The minimum Gasteiger partial charge on any atom is -0.435 e. The molecule has 0 aliphatic rings. The van der Waals surface area contributed by atoms with Crippen LogP contribution in [-0.4, -0.2) is 21.7 Å². The summed E-state index contributed by atoms with van der Waals surface area (Å²) in [6.45, 7) is 4.04. The summed E-state index contributed by atoms with van der Waals surface area (Å²) in [7, 11) is -2.14. The molecule has 60 valence electrons. The van der Waals surface area contributed by atoms with Crippen molar-refractivity contribution in [1.82, 2.24) is 0 Å². The lowest BCUT2D eigenvalue weighted by Gasteiger charge is -2.12. The van der Waals surface area contributed by atoms with Crippen molar-refractivity contribution in [2.75, 3.05) is 0 Å². The fraction of sp³-hybridized carbons (Fsp3) is 0.250. The van der Waals surface area contributed by atoms with Gasteiger partial charge in [-0.15, -0.1) is 0 Å². The largest absolute Gasteiger partial charge is 0.435 e. The monoisotopic (exact) mass is 182 g/mol. The SMILES string of the molecule is C[Si](C)(O)[SiH2]c1ccccc1. The molecule has 0 unspecified atom stereocenters. The van der Waals surface area contributed by atoms with Crippen molar-refractivity contribution in [1.29, 1.82) is 0 Å². The highest BCUT2D eigenvalue weighted by Crippen LogP contribution is 1.92. The summed E-state index contributed by atoms with van der Waals surface area (Å²) < 4.78 is 0. The molecule has 11 heavy (non-hydrogen) atoms. The van der Waals surface area contributed by atoms with E-state index >= 15 is 0 Å². The van der Waals surface area contributed by atoms with E-state index in [0.717, 1.165) is 0 Å². The van der Waals surface area contributed by atoms with E-state index in [9.17, 15) is 4.80 Å². The smallest absolute Gasteiger partial charge is 0.167 e. The quantitative estimate of drug-likeness (QED) is 0.647. The normalized spacial score (nSPS) is 12.6. The molecule has 0 bridgehead atoms. The summed E-state index contributed by atoms with van der Waals surface area (Å²) in [5.74, 6) is 0. The molecule has 0 aromatic heterocycles. The van der Waals surface area contributed by atoms with Gasteiger partial charge in [-0.3, -0.25) is 0 Å². The molecule has 0 saturated carbocycles. The minimum atomic E-state index is -1.76. The lowest BCUT2D eigenvalue weighted by atomic mass is 10.4. The Labute approximate surface area is 70.8 Å². The van der Waals surface area contributed by atoms with Gasteiger partial charge in [-0.2, -0.15) is 0 Å². The number of hydrogen-bond acceptors (Lipinski definition) is 1. The van der Waals surface area contributed by atoms with Crippen LogP contribution in [0.2, 0.25) is 13.1 Å². The molecule has 0 heterocycles. The summed E-state index contributed by atoms with van der Waals surface area (Å²) in [6, 6.07) is 10.4. The molecule has 0 amide bonds. The second-order valence-corrected chi connectivity index (χ2v) is 14.5. The highest BCUT2D eigenvalue weighted by Gasteiger charge is 2.17. The molecule has 1 rings (SSSR count). The first-order chi connectivity index (χ1) is 5.08. The zero-order valence-electron chi connectivity index (χ0n) is 7.04. The van der Waals surface area contributed by atoms with Gasteiger partial charge in [0, 0.05) is 0 Å². The van der Waals surface area contributed by atoms with E-state index < -0.39 is 7.83 Å². The maximum atomic E-state index is 9.67. The second-order valence-electron chi connectivity index (χ2n) is 3.47. The van der Waals surface area contributed by atoms with E-state index in [-0.39, 0.29) is 9.04 Å². The molecule has 1 aromatic rings. The average Bonchev–Trinajstić information content (AvgIpc) is 1.85. The second kappa shape index (κ2) is 3.34. The standard InChI is InChI=1S/C8H14OSi2/c1-11(2,9)10-8-6-4-3-5-7-8/h3-7,9H,10H2,1-2H3. The highest BCUT2D eigenvalue weighted by atomic mass is 29.2. The van der Waals surface area contributed by atoms with Crippen molar-refractivity contribution in [3.05, 3.63) is 30.3 Å². The molecular weight excluding hydrogens is 168 g/mol. The third-order valence-electron chi connectivity index (χ3n) is 1.48. The molecule has 0 spiro atoms. The highest BCUT2D eigenvalue weighted by molar-refractivity contribution is 7.24. The van der Waals surface area contributed by atoms with Crippen LogP contribution in [-0.2, 0) is 0 Å². The molecule has 0 atom stereocenters. The van der Waals surface area contributed by atoms with Crippen LogP contribution in [0.5, 0.6) is 0 Å². The number of rotatable bonds is 2. The summed E-state index contributed by atoms with van der Waals surface area (Å²) in [5, 5.41) is 1.38. The summed E-state index contributed by atoms with van der Waals surface area (Å²) >= 11 is 0. The first kappa shape index (κ1) is 8.71. The Morgan fingerprint density at radius 1 is 1.18 bits per heavy atom. The first-order valence-electron chi connectivity index (χ1n) is 3.84. The van der Waals surface area contributed by atoms with E-state index in [4.69, 9.17) is 0 Å². The van der Waals surface area contributed by atoms with Gasteiger partial charge in [0.1, 0.15) is 0 Å². The zero-order valence-corrected chi connectivity index (χ0v) is 9.46. The topological polar surface area (TPSA) is 20.2 Å². The van der Waals surface area contributed by atoms with Crippen molar-refractivity contribution in [3.63, 3.8) is 0 Å². The van der Waals surface area contributed by atoms with Gasteiger partial charge in [0.05, 0.1) is 9.04 Å². The summed E-state index contributed by atoms with van der Waals surface area (Å²) in [4.78, 5) is 9.67. The maximum absolute atomic E-state index is 9.67. The van der Waals surface area contributed by atoms with Crippen molar-refractivity contribution >= 4 is 22.1 Å². The Kier molecular flexibility index (Phi) is 2.64. The van der Waals surface area contributed by atoms with Crippen LogP contribution in [0.15, 0.2) is 30.3 Å².